The molecular formula is C12H12FIO4. The number of carbonyl (C=O) groups is 1. The van der Waals surface area contributed by atoms with Crippen LogP contribution in [0.3, 0.4) is 0 Å². The molecule has 98 valence electrons. The van der Waals surface area contributed by atoms with Crippen LogP contribution in [0.1, 0.15) is 20.8 Å². The third-order valence-corrected chi connectivity index (χ3v) is 2.48. The Kier molecular flexibility index (Phi) is 4.66. The molecule has 0 aliphatic carbocycles. The van der Waals surface area contributed by atoms with Crippen molar-refractivity contribution in [3.63, 3.8) is 0 Å². The molecule has 18 heavy (non-hydrogen) atoms. The molecule has 0 saturated heterocycles. The van der Waals surface area contributed by atoms with Crippen LogP contribution in [0.15, 0.2) is 23.0 Å². The van der Waals surface area contributed by atoms with Gasteiger partial charge in [-0.15, -0.1) is 0 Å². The molecule has 0 atom stereocenters. The van der Waals surface area contributed by atoms with Crippen LogP contribution >= 0.6 is 22.6 Å². The molecule has 1 aromatic rings. The zero-order valence-electron chi connectivity index (χ0n) is 10.1. The van der Waals surface area contributed by atoms with Gasteiger partial charge in [0.15, 0.2) is 5.75 Å². The third-order valence-electron chi connectivity index (χ3n) is 1.68. The molecule has 0 fully saturated rings. The monoisotopic (exact) mass is 366 g/mol. The van der Waals surface area contributed by atoms with E-state index in [2.05, 4.69) is 0 Å². The van der Waals surface area contributed by atoms with Gasteiger partial charge < -0.3 is 9.47 Å². The highest BCUT2D eigenvalue weighted by Gasteiger charge is 2.19. The van der Waals surface area contributed by atoms with Gasteiger partial charge in [0.1, 0.15) is 11.4 Å². The van der Waals surface area contributed by atoms with Crippen LogP contribution in [0.4, 0.5) is 9.18 Å². The van der Waals surface area contributed by atoms with Crippen molar-refractivity contribution in [2.75, 3.05) is 0 Å². The largest absolute Gasteiger partial charge is 0.514 e. The molecule has 1 rings (SSSR count). The lowest BCUT2D eigenvalue weighted by Gasteiger charge is -2.18. The van der Waals surface area contributed by atoms with Crippen molar-refractivity contribution in [1.29, 1.82) is 0 Å². The minimum atomic E-state index is -0.998. The van der Waals surface area contributed by atoms with E-state index >= 15 is 0 Å². The first-order valence-electron chi connectivity index (χ1n) is 5.09. The number of hydrogen-bond donors (Lipinski definition) is 0. The van der Waals surface area contributed by atoms with Gasteiger partial charge in [-0.05, 0) is 61.6 Å². The average Bonchev–Trinajstić information content (AvgIpc) is 2.29. The van der Waals surface area contributed by atoms with Gasteiger partial charge in [-0.25, -0.2) is 9.18 Å². The van der Waals surface area contributed by atoms with Gasteiger partial charge in [0, 0.05) is 0 Å². The van der Waals surface area contributed by atoms with E-state index in [1.54, 1.807) is 43.4 Å². The van der Waals surface area contributed by atoms with E-state index < -0.39 is 23.0 Å². The minimum absolute atomic E-state index is 0.119. The van der Waals surface area contributed by atoms with Crippen molar-refractivity contribution >= 4 is 28.7 Å². The SMILES string of the molecule is CC(C)(C)OC(=O)Oc1ccc(F)cc(I)c1=O. The summed E-state index contributed by atoms with van der Waals surface area (Å²) in [5.74, 6) is -0.854. The van der Waals surface area contributed by atoms with E-state index in [0.29, 0.717) is 0 Å². The minimum Gasteiger partial charge on any atom is -0.428 e. The van der Waals surface area contributed by atoms with E-state index in [9.17, 15) is 14.0 Å². The fourth-order valence-corrected chi connectivity index (χ4v) is 1.59. The Bertz CT molecular complexity index is 522. The molecule has 6 heteroatoms. The number of halogens is 2. The Balaban J connectivity index is 3.00. The second-order valence-electron chi connectivity index (χ2n) is 4.47. The summed E-state index contributed by atoms with van der Waals surface area (Å²) in [6.45, 7) is 5.00. The van der Waals surface area contributed by atoms with Crippen molar-refractivity contribution in [3.05, 3.63) is 37.8 Å². The summed E-state index contributed by atoms with van der Waals surface area (Å²) in [6, 6.07) is 3.21. The number of ether oxygens (including phenoxy) is 2. The van der Waals surface area contributed by atoms with Crippen LogP contribution in [0.2, 0.25) is 0 Å². The summed E-state index contributed by atoms with van der Waals surface area (Å²) in [4.78, 5) is 23.1. The van der Waals surface area contributed by atoms with Crippen molar-refractivity contribution in [1.82, 2.24) is 0 Å². The van der Waals surface area contributed by atoms with Gasteiger partial charge in [-0.2, -0.15) is 0 Å². The summed E-state index contributed by atoms with van der Waals surface area (Å²) < 4.78 is 22.9. The van der Waals surface area contributed by atoms with E-state index in [1.807, 2.05) is 0 Å². The fraction of sp³-hybridized carbons (Fsp3) is 0.333. The molecule has 0 saturated carbocycles. The second-order valence-corrected chi connectivity index (χ2v) is 5.63. The molecule has 0 radical (unpaired) electrons. The maximum Gasteiger partial charge on any atom is 0.514 e. The molecule has 0 spiro atoms. The summed E-state index contributed by atoms with van der Waals surface area (Å²) in [5.41, 5.74) is -1.29. The van der Waals surface area contributed by atoms with Crippen molar-refractivity contribution in [2.45, 2.75) is 26.4 Å². The van der Waals surface area contributed by atoms with Gasteiger partial charge in [-0.3, -0.25) is 4.79 Å². The quantitative estimate of drug-likeness (QED) is 0.566. The number of hydrogen-bond acceptors (Lipinski definition) is 4. The lowest BCUT2D eigenvalue weighted by molar-refractivity contribution is 0.0204. The first kappa shape index (κ1) is 14.9. The van der Waals surface area contributed by atoms with Gasteiger partial charge >= 0.3 is 6.16 Å². The first-order valence-corrected chi connectivity index (χ1v) is 6.17. The van der Waals surface area contributed by atoms with Crippen molar-refractivity contribution in [2.24, 2.45) is 0 Å². The Hall–Kier alpha value is -1.18. The Morgan fingerprint density at radius 1 is 1.33 bits per heavy atom. The Labute approximate surface area is 117 Å². The van der Waals surface area contributed by atoms with Crippen LogP contribution in [0.25, 0.3) is 0 Å². The smallest absolute Gasteiger partial charge is 0.428 e. The van der Waals surface area contributed by atoms with Gasteiger partial charge in [0.2, 0.25) is 5.43 Å². The maximum absolute atomic E-state index is 13.1. The summed E-state index contributed by atoms with van der Waals surface area (Å²) in [6.07, 6.45) is -0.998. The van der Waals surface area contributed by atoms with Crippen molar-refractivity contribution in [3.8, 4) is 5.75 Å². The average molecular weight is 366 g/mol. The van der Waals surface area contributed by atoms with Crippen LogP contribution in [0.5, 0.6) is 5.75 Å². The maximum atomic E-state index is 13.1. The van der Waals surface area contributed by atoms with Gasteiger partial charge in [0.25, 0.3) is 0 Å². The fourth-order valence-electron chi connectivity index (χ4n) is 1.02. The lowest BCUT2D eigenvalue weighted by atomic mass is 10.2. The molecule has 0 aromatic heterocycles. The standard InChI is InChI=1S/C12H12FIO4/c1-12(2,3)18-11(16)17-9-5-4-7(13)6-8(14)10(9)15/h4-6H,1-3H3. The van der Waals surface area contributed by atoms with Crippen LogP contribution in [-0.4, -0.2) is 11.8 Å². The summed E-state index contributed by atoms with van der Waals surface area (Å²) in [7, 11) is 0. The van der Waals surface area contributed by atoms with Crippen molar-refractivity contribution < 1.29 is 18.7 Å². The molecule has 1 aromatic carbocycles. The highest BCUT2D eigenvalue weighted by atomic mass is 127. The molecule has 4 nitrogen and oxygen atoms in total. The zero-order valence-corrected chi connectivity index (χ0v) is 12.3. The lowest BCUT2D eigenvalue weighted by Crippen LogP contribution is -2.27. The number of rotatable bonds is 1. The van der Waals surface area contributed by atoms with E-state index in [-0.39, 0.29) is 9.32 Å². The molecule has 0 bridgehead atoms. The highest BCUT2D eigenvalue weighted by molar-refractivity contribution is 14.1. The van der Waals surface area contributed by atoms with E-state index in [0.717, 1.165) is 18.2 Å². The second kappa shape index (κ2) is 5.64. The van der Waals surface area contributed by atoms with E-state index in [4.69, 9.17) is 9.47 Å². The molecular weight excluding hydrogens is 354 g/mol. The predicted octanol–water partition coefficient (Wildman–Crippen LogP) is 3.10. The van der Waals surface area contributed by atoms with Gasteiger partial charge in [-0.1, -0.05) is 0 Å². The normalized spacial score (nSPS) is 10.9. The molecule has 0 N–H and O–H groups in total. The van der Waals surface area contributed by atoms with Crippen LogP contribution in [-0.2, 0) is 4.74 Å². The summed E-state index contributed by atoms with van der Waals surface area (Å²) in [5, 5.41) is 0. The molecule has 0 aliphatic heterocycles. The topological polar surface area (TPSA) is 52.6 Å². The number of carbonyl (C=O) groups excluding carboxylic acids is 1. The third kappa shape index (κ3) is 4.59. The Morgan fingerprint density at radius 3 is 2.50 bits per heavy atom. The Morgan fingerprint density at radius 2 is 1.94 bits per heavy atom. The van der Waals surface area contributed by atoms with E-state index in [1.165, 1.54) is 0 Å². The van der Waals surface area contributed by atoms with Crippen LogP contribution in [0, 0.1) is 9.39 Å². The van der Waals surface area contributed by atoms with Gasteiger partial charge in [0.05, 0.1) is 3.57 Å². The molecule has 0 unspecified atom stereocenters. The summed E-state index contributed by atoms with van der Waals surface area (Å²) >= 11 is 1.67. The molecule has 0 aliphatic rings. The molecule has 0 heterocycles. The molecule has 0 amide bonds. The van der Waals surface area contributed by atoms with Crippen LogP contribution < -0.4 is 10.2 Å². The predicted molar refractivity (Wildman–Crippen MR) is 72.2 cm³/mol. The highest BCUT2D eigenvalue weighted by Crippen LogP contribution is 2.12. The first-order chi connectivity index (χ1) is 8.19. The zero-order chi connectivity index (χ0) is 13.9.